The zero-order valence-corrected chi connectivity index (χ0v) is 12.2. The van der Waals surface area contributed by atoms with Crippen LogP contribution >= 0.6 is 0 Å². The summed E-state index contributed by atoms with van der Waals surface area (Å²) in [6.45, 7) is 1.71. The van der Waals surface area contributed by atoms with Crippen LogP contribution in [0.15, 0.2) is 18.2 Å². The molecule has 1 fully saturated rings. The summed E-state index contributed by atoms with van der Waals surface area (Å²) in [5, 5.41) is 12.5. The standard InChI is InChI=1S/C16H22N2O3/c19-10-9-18(12-4-1-2-5-12)16(20)13-6-3-7-14-15(13)21-11-8-17-14/h3,6-7,12,17,19H,1-2,4-5,8-11H2. The van der Waals surface area contributed by atoms with Gasteiger partial charge in [-0.05, 0) is 25.0 Å². The Labute approximate surface area is 124 Å². The summed E-state index contributed by atoms with van der Waals surface area (Å²) in [5.74, 6) is 0.617. The Kier molecular flexibility index (Phi) is 4.29. The fraction of sp³-hybridized carbons (Fsp3) is 0.562. The Bertz CT molecular complexity index is 512. The minimum atomic E-state index is -0.0310. The zero-order valence-electron chi connectivity index (χ0n) is 12.2. The smallest absolute Gasteiger partial charge is 0.258 e. The molecule has 1 aromatic rings. The van der Waals surface area contributed by atoms with E-state index in [0.717, 1.165) is 37.9 Å². The van der Waals surface area contributed by atoms with Crippen molar-refractivity contribution < 1.29 is 14.6 Å². The van der Waals surface area contributed by atoms with E-state index in [2.05, 4.69) is 5.32 Å². The van der Waals surface area contributed by atoms with Gasteiger partial charge in [0.05, 0.1) is 17.9 Å². The van der Waals surface area contributed by atoms with Crippen molar-refractivity contribution in [3.05, 3.63) is 23.8 Å². The van der Waals surface area contributed by atoms with E-state index in [1.54, 1.807) is 0 Å². The lowest BCUT2D eigenvalue weighted by Gasteiger charge is -2.30. The van der Waals surface area contributed by atoms with E-state index in [0.29, 0.717) is 24.5 Å². The highest BCUT2D eigenvalue weighted by atomic mass is 16.5. The normalized spacial score (nSPS) is 17.8. The Morgan fingerprint density at radius 3 is 2.95 bits per heavy atom. The molecule has 2 aliphatic rings. The summed E-state index contributed by atoms with van der Waals surface area (Å²) in [6.07, 6.45) is 4.37. The molecule has 0 unspecified atom stereocenters. The maximum atomic E-state index is 12.9. The highest BCUT2D eigenvalue weighted by Gasteiger charge is 2.29. The van der Waals surface area contributed by atoms with Crippen molar-refractivity contribution in [2.45, 2.75) is 31.7 Å². The number of hydrogen-bond donors (Lipinski definition) is 2. The van der Waals surface area contributed by atoms with Gasteiger partial charge in [-0.1, -0.05) is 18.9 Å². The third kappa shape index (κ3) is 2.83. The Balaban J connectivity index is 1.88. The van der Waals surface area contributed by atoms with Crippen molar-refractivity contribution in [1.29, 1.82) is 0 Å². The number of amides is 1. The van der Waals surface area contributed by atoms with Gasteiger partial charge in [0.15, 0.2) is 5.75 Å². The van der Waals surface area contributed by atoms with Gasteiger partial charge in [-0.2, -0.15) is 0 Å². The van der Waals surface area contributed by atoms with Crippen LogP contribution < -0.4 is 10.1 Å². The molecule has 5 heteroatoms. The lowest BCUT2D eigenvalue weighted by atomic mass is 10.1. The number of para-hydroxylation sites is 1. The van der Waals surface area contributed by atoms with Crippen LogP contribution in [0.2, 0.25) is 0 Å². The van der Waals surface area contributed by atoms with Gasteiger partial charge in [0.2, 0.25) is 0 Å². The van der Waals surface area contributed by atoms with Crippen molar-refractivity contribution in [1.82, 2.24) is 4.90 Å². The fourth-order valence-corrected chi connectivity index (χ4v) is 3.27. The van der Waals surface area contributed by atoms with Crippen LogP contribution in [0.1, 0.15) is 36.0 Å². The lowest BCUT2D eigenvalue weighted by Crippen LogP contribution is -2.41. The van der Waals surface area contributed by atoms with Crippen molar-refractivity contribution >= 4 is 11.6 Å². The molecule has 1 aliphatic carbocycles. The number of carbonyl (C=O) groups excluding carboxylic acids is 1. The van der Waals surface area contributed by atoms with Crippen molar-refractivity contribution in [3.63, 3.8) is 0 Å². The second kappa shape index (κ2) is 6.35. The predicted octanol–water partition coefficient (Wildman–Crippen LogP) is 1.87. The SMILES string of the molecule is O=C(c1cccc2c1OCCN2)N(CCO)C1CCCC1. The zero-order chi connectivity index (χ0) is 14.7. The third-order valence-corrected chi connectivity index (χ3v) is 4.28. The molecule has 1 aliphatic heterocycles. The Morgan fingerprint density at radius 2 is 2.19 bits per heavy atom. The van der Waals surface area contributed by atoms with Crippen molar-refractivity contribution in [2.75, 3.05) is 31.6 Å². The molecule has 0 aromatic heterocycles. The van der Waals surface area contributed by atoms with Gasteiger partial charge >= 0.3 is 0 Å². The van der Waals surface area contributed by atoms with E-state index in [1.807, 2.05) is 23.1 Å². The van der Waals surface area contributed by atoms with Gasteiger partial charge in [-0.3, -0.25) is 4.79 Å². The van der Waals surface area contributed by atoms with E-state index >= 15 is 0 Å². The minimum absolute atomic E-state index is 0.00360. The van der Waals surface area contributed by atoms with Gasteiger partial charge < -0.3 is 20.1 Å². The number of nitrogens with zero attached hydrogens (tertiary/aromatic N) is 1. The first-order chi connectivity index (χ1) is 10.3. The van der Waals surface area contributed by atoms with E-state index < -0.39 is 0 Å². The van der Waals surface area contributed by atoms with Gasteiger partial charge in [0.1, 0.15) is 6.61 Å². The summed E-state index contributed by atoms with van der Waals surface area (Å²) in [6, 6.07) is 5.86. The Hall–Kier alpha value is -1.75. The number of benzene rings is 1. The van der Waals surface area contributed by atoms with Crippen molar-refractivity contribution in [2.24, 2.45) is 0 Å². The second-order valence-corrected chi connectivity index (χ2v) is 5.62. The molecule has 1 amide bonds. The van der Waals surface area contributed by atoms with Gasteiger partial charge in [-0.25, -0.2) is 0 Å². The predicted molar refractivity (Wildman–Crippen MR) is 80.8 cm³/mol. The van der Waals surface area contributed by atoms with Gasteiger partial charge in [0, 0.05) is 19.1 Å². The molecule has 21 heavy (non-hydrogen) atoms. The third-order valence-electron chi connectivity index (χ3n) is 4.28. The molecule has 0 spiro atoms. The first-order valence-corrected chi connectivity index (χ1v) is 7.73. The van der Waals surface area contributed by atoms with Crippen LogP contribution in [-0.2, 0) is 0 Å². The number of aliphatic hydroxyl groups excluding tert-OH is 1. The van der Waals surface area contributed by atoms with Crippen molar-refractivity contribution in [3.8, 4) is 5.75 Å². The number of nitrogens with one attached hydrogen (secondary N) is 1. The average Bonchev–Trinajstić information content (AvgIpc) is 3.05. The van der Waals surface area contributed by atoms with Crippen LogP contribution in [0.5, 0.6) is 5.75 Å². The molecule has 0 saturated heterocycles. The molecule has 1 aromatic carbocycles. The number of ether oxygens (including phenoxy) is 1. The molecule has 0 bridgehead atoms. The van der Waals surface area contributed by atoms with E-state index in [1.165, 1.54) is 0 Å². The maximum absolute atomic E-state index is 12.9. The maximum Gasteiger partial charge on any atom is 0.258 e. The second-order valence-electron chi connectivity index (χ2n) is 5.62. The van der Waals surface area contributed by atoms with Crippen LogP contribution in [0, 0.1) is 0 Å². The molecule has 2 N–H and O–H groups in total. The van der Waals surface area contributed by atoms with Crippen LogP contribution in [-0.4, -0.2) is 48.3 Å². The number of rotatable bonds is 4. The molecule has 1 saturated carbocycles. The summed E-state index contributed by atoms with van der Waals surface area (Å²) >= 11 is 0. The van der Waals surface area contributed by atoms with Crippen LogP contribution in [0.25, 0.3) is 0 Å². The van der Waals surface area contributed by atoms with Crippen LogP contribution in [0.4, 0.5) is 5.69 Å². The van der Waals surface area contributed by atoms with E-state index in [4.69, 9.17) is 4.74 Å². The van der Waals surface area contributed by atoms with Crippen LogP contribution in [0.3, 0.4) is 0 Å². The first kappa shape index (κ1) is 14.2. The van der Waals surface area contributed by atoms with Gasteiger partial charge in [-0.15, -0.1) is 0 Å². The topological polar surface area (TPSA) is 61.8 Å². The highest BCUT2D eigenvalue weighted by Crippen LogP contribution is 2.33. The molecular weight excluding hydrogens is 268 g/mol. The number of anilines is 1. The van der Waals surface area contributed by atoms with Gasteiger partial charge in [0.25, 0.3) is 5.91 Å². The molecule has 1 heterocycles. The largest absolute Gasteiger partial charge is 0.489 e. The van der Waals surface area contributed by atoms with E-state index in [9.17, 15) is 9.90 Å². The fourth-order valence-electron chi connectivity index (χ4n) is 3.27. The first-order valence-electron chi connectivity index (χ1n) is 7.73. The lowest BCUT2D eigenvalue weighted by molar-refractivity contribution is 0.0633. The summed E-state index contributed by atoms with van der Waals surface area (Å²) in [5.41, 5.74) is 1.47. The molecule has 0 atom stereocenters. The number of hydrogen-bond acceptors (Lipinski definition) is 4. The molecule has 5 nitrogen and oxygen atoms in total. The molecule has 3 rings (SSSR count). The molecule has 0 radical (unpaired) electrons. The van der Waals surface area contributed by atoms with E-state index in [-0.39, 0.29) is 18.6 Å². The monoisotopic (exact) mass is 290 g/mol. The summed E-state index contributed by atoms with van der Waals surface area (Å²) < 4.78 is 5.69. The quantitative estimate of drug-likeness (QED) is 0.888. The summed E-state index contributed by atoms with van der Waals surface area (Å²) in [4.78, 5) is 14.7. The number of fused-ring (bicyclic) bond motifs is 1. The number of carbonyl (C=O) groups is 1. The molecule has 114 valence electrons. The minimum Gasteiger partial charge on any atom is -0.489 e. The number of aliphatic hydroxyl groups is 1. The average molecular weight is 290 g/mol. The Morgan fingerprint density at radius 1 is 1.38 bits per heavy atom. The highest BCUT2D eigenvalue weighted by molar-refractivity contribution is 5.99. The molecular formula is C16H22N2O3. The summed E-state index contributed by atoms with van der Waals surface area (Å²) in [7, 11) is 0.